The van der Waals surface area contributed by atoms with E-state index in [0.717, 1.165) is 22.6 Å². The molecule has 0 unspecified atom stereocenters. The number of benzene rings is 11. The molecule has 1 spiro atoms. The van der Waals surface area contributed by atoms with Crippen molar-refractivity contribution < 1.29 is 0 Å². The van der Waals surface area contributed by atoms with Gasteiger partial charge in [0.1, 0.15) is 0 Å². The Bertz CT molecular complexity index is 3910. The fraction of sp³-hybridized carbons (Fsp3) is 0.0149. The van der Waals surface area contributed by atoms with E-state index in [9.17, 15) is 0 Å². The van der Waals surface area contributed by atoms with Gasteiger partial charge in [0.15, 0.2) is 0 Å². The van der Waals surface area contributed by atoms with Gasteiger partial charge in [0.2, 0.25) is 0 Å². The van der Waals surface area contributed by atoms with Crippen LogP contribution >= 0.6 is 11.3 Å². The maximum Gasteiger partial charge on any atom is 0.0726 e. The fourth-order valence-corrected chi connectivity index (χ4v) is 13.1. The average molecular weight is 894 g/mol. The van der Waals surface area contributed by atoms with Gasteiger partial charge in [0, 0.05) is 37.1 Å². The molecule has 0 amide bonds. The average Bonchev–Trinajstić information content (AvgIpc) is 4.06. The summed E-state index contributed by atoms with van der Waals surface area (Å²) in [6.07, 6.45) is 0. The minimum Gasteiger partial charge on any atom is -0.310 e. The standard InChI is InChI=1S/C67H43NS/c1-2-19-44(20-3-1)48-21-4-5-22-50(48)51-23-6-7-24-52(51)57-28-11-16-35-64(57)68(46-39-37-45(38-40-46)49-30-18-31-59-58-29-12-17-36-65(58)69-66(49)59)47-41-42-56-55-27-10-15-34-62(55)67(63(56)43-47)60-32-13-8-25-53(60)54-26-9-14-33-61(54)67/h1-43H. The molecule has 12 aromatic rings. The quantitative estimate of drug-likeness (QED) is 0.154. The van der Waals surface area contributed by atoms with Crippen LogP contribution in [0.1, 0.15) is 22.3 Å². The zero-order valence-electron chi connectivity index (χ0n) is 37.7. The monoisotopic (exact) mass is 893 g/mol. The number of anilines is 3. The molecule has 0 aliphatic heterocycles. The lowest BCUT2D eigenvalue weighted by atomic mass is 9.70. The molecule has 1 aromatic heterocycles. The Morgan fingerprint density at radius 3 is 1.39 bits per heavy atom. The van der Waals surface area contributed by atoms with Crippen LogP contribution in [0.25, 0.3) is 86.9 Å². The summed E-state index contributed by atoms with van der Waals surface area (Å²) < 4.78 is 2.64. The van der Waals surface area contributed by atoms with Crippen molar-refractivity contribution >= 4 is 48.6 Å². The van der Waals surface area contributed by atoms with Gasteiger partial charge >= 0.3 is 0 Å². The molecule has 0 saturated carbocycles. The predicted molar refractivity (Wildman–Crippen MR) is 292 cm³/mol. The van der Waals surface area contributed by atoms with Gasteiger partial charge in [0.25, 0.3) is 0 Å². The Hall–Kier alpha value is -8.56. The van der Waals surface area contributed by atoms with Crippen molar-refractivity contribution in [3.8, 4) is 66.8 Å². The summed E-state index contributed by atoms with van der Waals surface area (Å²) in [6, 6.07) is 96.8. The van der Waals surface area contributed by atoms with Gasteiger partial charge in [-0.3, -0.25) is 0 Å². The molecule has 69 heavy (non-hydrogen) atoms. The Labute approximate surface area is 406 Å². The molecule has 1 nitrogen and oxygen atoms in total. The van der Waals surface area contributed by atoms with Gasteiger partial charge < -0.3 is 4.90 Å². The molecule has 0 N–H and O–H groups in total. The smallest absolute Gasteiger partial charge is 0.0726 e. The van der Waals surface area contributed by atoms with Gasteiger partial charge in [-0.2, -0.15) is 0 Å². The number of hydrogen-bond donors (Lipinski definition) is 0. The number of rotatable bonds is 7. The lowest BCUT2D eigenvalue weighted by Gasteiger charge is -2.33. The summed E-state index contributed by atoms with van der Waals surface area (Å²) in [6.45, 7) is 0. The third-order valence-corrected chi connectivity index (χ3v) is 16.0. The van der Waals surface area contributed by atoms with E-state index in [2.05, 4.69) is 266 Å². The maximum atomic E-state index is 2.51. The van der Waals surface area contributed by atoms with Crippen molar-refractivity contribution in [1.82, 2.24) is 0 Å². The number of hydrogen-bond acceptors (Lipinski definition) is 2. The summed E-state index contributed by atoms with van der Waals surface area (Å²) in [5.41, 5.74) is 23.0. The van der Waals surface area contributed by atoms with Crippen LogP contribution in [0.4, 0.5) is 17.1 Å². The molecular weight excluding hydrogens is 851 g/mol. The number of para-hydroxylation sites is 1. The number of fused-ring (bicyclic) bond motifs is 13. The van der Waals surface area contributed by atoms with E-state index in [1.165, 1.54) is 104 Å². The Kier molecular flexibility index (Phi) is 9.05. The minimum atomic E-state index is -0.471. The highest BCUT2D eigenvalue weighted by atomic mass is 32.1. The van der Waals surface area contributed by atoms with Crippen LogP contribution in [0, 0.1) is 0 Å². The highest BCUT2D eigenvalue weighted by Gasteiger charge is 2.51. The number of nitrogens with zero attached hydrogens (tertiary/aromatic N) is 1. The molecule has 1 heterocycles. The first-order valence-electron chi connectivity index (χ1n) is 23.8. The Balaban J connectivity index is 0.998. The minimum absolute atomic E-state index is 0.471. The SMILES string of the molecule is c1ccc(-c2ccccc2-c2ccccc2-c2ccccc2N(c2ccc(-c3cccc4c3sc3ccccc34)cc2)c2ccc3c(c2)C2(c4ccccc4-c4ccccc42)c2ccccc2-3)cc1. The van der Waals surface area contributed by atoms with Crippen molar-refractivity contribution in [2.24, 2.45) is 0 Å². The van der Waals surface area contributed by atoms with E-state index < -0.39 is 5.41 Å². The van der Waals surface area contributed by atoms with E-state index in [4.69, 9.17) is 0 Å². The van der Waals surface area contributed by atoms with E-state index in [1.54, 1.807) is 0 Å². The van der Waals surface area contributed by atoms with Gasteiger partial charge in [-0.05, 0) is 120 Å². The van der Waals surface area contributed by atoms with Gasteiger partial charge in [-0.25, -0.2) is 0 Å². The van der Waals surface area contributed by atoms with Gasteiger partial charge in [0.05, 0.1) is 11.1 Å². The summed E-state index contributed by atoms with van der Waals surface area (Å²) in [5.74, 6) is 0. The number of thiophene rings is 1. The highest BCUT2D eigenvalue weighted by Crippen LogP contribution is 2.63. The van der Waals surface area contributed by atoms with E-state index in [1.807, 2.05) is 11.3 Å². The Morgan fingerprint density at radius 2 is 0.725 bits per heavy atom. The molecule has 0 bridgehead atoms. The first-order chi connectivity index (χ1) is 34.3. The second-order valence-corrected chi connectivity index (χ2v) is 19.3. The van der Waals surface area contributed by atoms with Crippen molar-refractivity contribution in [2.75, 3.05) is 4.90 Å². The first kappa shape index (κ1) is 39.6. The van der Waals surface area contributed by atoms with Crippen LogP contribution in [0.5, 0.6) is 0 Å². The summed E-state index contributed by atoms with van der Waals surface area (Å²) >= 11 is 1.88. The zero-order chi connectivity index (χ0) is 45.5. The van der Waals surface area contributed by atoms with E-state index >= 15 is 0 Å². The molecule has 0 saturated heterocycles. The Morgan fingerprint density at radius 1 is 0.275 bits per heavy atom. The second kappa shape index (κ2) is 15.8. The maximum absolute atomic E-state index is 2.51. The third-order valence-electron chi connectivity index (χ3n) is 14.7. The van der Waals surface area contributed by atoms with Crippen molar-refractivity contribution in [2.45, 2.75) is 5.41 Å². The molecule has 0 fully saturated rings. The van der Waals surface area contributed by atoms with Crippen LogP contribution in [0.15, 0.2) is 261 Å². The van der Waals surface area contributed by atoms with Crippen molar-refractivity contribution in [1.29, 1.82) is 0 Å². The molecule has 322 valence electrons. The molecule has 14 rings (SSSR count). The van der Waals surface area contributed by atoms with E-state index in [0.29, 0.717) is 0 Å². The second-order valence-electron chi connectivity index (χ2n) is 18.3. The largest absolute Gasteiger partial charge is 0.310 e. The van der Waals surface area contributed by atoms with E-state index in [-0.39, 0.29) is 0 Å². The molecule has 0 radical (unpaired) electrons. The van der Waals surface area contributed by atoms with Gasteiger partial charge in [-0.15, -0.1) is 11.3 Å². The molecule has 11 aromatic carbocycles. The van der Waals surface area contributed by atoms with Gasteiger partial charge in [-0.1, -0.05) is 224 Å². The highest BCUT2D eigenvalue weighted by molar-refractivity contribution is 7.26. The van der Waals surface area contributed by atoms with Crippen LogP contribution in [0.2, 0.25) is 0 Å². The van der Waals surface area contributed by atoms with Crippen LogP contribution in [-0.2, 0) is 5.41 Å². The normalized spacial score (nSPS) is 12.8. The fourth-order valence-electron chi connectivity index (χ4n) is 11.9. The topological polar surface area (TPSA) is 3.24 Å². The summed E-state index contributed by atoms with van der Waals surface area (Å²) in [4.78, 5) is 2.50. The molecule has 2 aliphatic carbocycles. The summed E-state index contributed by atoms with van der Waals surface area (Å²) in [7, 11) is 0. The predicted octanol–water partition coefficient (Wildman–Crippen LogP) is 18.5. The van der Waals surface area contributed by atoms with Crippen molar-refractivity contribution in [3.05, 3.63) is 283 Å². The molecule has 0 atom stereocenters. The third kappa shape index (κ3) is 5.96. The lowest BCUT2D eigenvalue weighted by molar-refractivity contribution is 0.793. The zero-order valence-corrected chi connectivity index (χ0v) is 38.5. The molecule has 2 aliphatic rings. The molecule has 2 heteroatoms. The lowest BCUT2D eigenvalue weighted by Crippen LogP contribution is -2.26. The van der Waals surface area contributed by atoms with Crippen LogP contribution < -0.4 is 4.90 Å². The first-order valence-corrected chi connectivity index (χ1v) is 24.7. The molecular formula is C67H43NS. The van der Waals surface area contributed by atoms with Crippen LogP contribution in [-0.4, -0.2) is 0 Å². The summed E-state index contributed by atoms with van der Waals surface area (Å²) in [5, 5.41) is 2.62. The van der Waals surface area contributed by atoms with Crippen LogP contribution in [0.3, 0.4) is 0 Å². The van der Waals surface area contributed by atoms with Crippen molar-refractivity contribution in [3.63, 3.8) is 0 Å².